The van der Waals surface area contributed by atoms with Crippen LogP contribution in [0.5, 0.6) is 11.5 Å². The Morgan fingerprint density at radius 3 is 2.92 bits per heavy atom. The number of methoxy groups -OCH3 is 1. The molecule has 0 saturated heterocycles. The third-order valence-electron chi connectivity index (χ3n) is 4.48. The number of hydrogen-bond donors (Lipinski definition) is 2. The number of carbonyl (C=O) groups excluding carboxylic acids is 1. The van der Waals surface area contributed by atoms with Gasteiger partial charge in [0.2, 0.25) is 17.8 Å². The average Bonchev–Trinajstić information content (AvgIpc) is 3.25. The van der Waals surface area contributed by atoms with E-state index >= 15 is 0 Å². The van der Waals surface area contributed by atoms with Crippen molar-refractivity contribution in [2.24, 2.45) is 5.73 Å². The molecule has 2 aromatic rings. The summed E-state index contributed by atoms with van der Waals surface area (Å²) in [5.74, 6) is 1.04. The molecule has 2 heterocycles. The van der Waals surface area contributed by atoms with Crippen LogP contribution in [-0.2, 0) is 9.53 Å². The SMILES string of the molecule is COC(=O)C(N)CC1=c2ccccc2=[NH+]C1=Cc1ccc2c(c1)OCO2. The molecule has 6 heteroatoms. The number of esters is 1. The molecule has 0 amide bonds. The monoisotopic (exact) mass is 351 g/mol. The largest absolute Gasteiger partial charge is 0.468 e. The topological polar surface area (TPSA) is 84.8 Å². The van der Waals surface area contributed by atoms with E-state index in [9.17, 15) is 4.79 Å². The summed E-state index contributed by atoms with van der Waals surface area (Å²) in [6.07, 6.45) is 2.40. The minimum atomic E-state index is -0.719. The van der Waals surface area contributed by atoms with Gasteiger partial charge in [-0.2, -0.15) is 0 Å². The highest BCUT2D eigenvalue weighted by atomic mass is 16.7. The minimum absolute atomic E-state index is 0.240. The van der Waals surface area contributed by atoms with Gasteiger partial charge in [-0.05, 0) is 23.8 Å². The second-order valence-corrected chi connectivity index (χ2v) is 6.15. The molecular formula is C20H19N2O4+. The average molecular weight is 351 g/mol. The van der Waals surface area contributed by atoms with Crippen molar-refractivity contribution in [2.75, 3.05) is 13.9 Å². The Labute approximate surface area is 150 Å². The second-order valence-electron chi connectivity index (χ2n) is 6.15. The molecular weight excluding hydrogens is 332 g/mol. The van der Waals surface area contributed by atoms with E-state index < -0.39 is 12.0 Å². The number of hydrogen-bond acceptors (Lipinski definition) is 5. The first-order valence-electron chi connectivity index (χ1n) is 8.33. The number of nitrogens with one attached hydrogen (secondary N) is 1. The first-order chi connectivity index (χ1) is 12.7. The van der Waals surface area contributed by atoms with Gasteiger partial charge in [-0.25, -0.2) is 4.99 Å². The van der Waals surface area contributed by atoms with Crippen molar-refractivity contribution in [3.63, 3.8) is 0 Å². The molecule has 0 spiro atoms. The minimum Gasteiger partial charge on any atom is -0.468 e. The van der Waals surface area contributed by atoms with Gasteiger partial charge in [0.15, 0.2) is 11.5 Å². The number of allylic oxidation sites excluding steroid dienone is 1. The summed E-state index contributed by atoms with van der Waals surface area (Å²) in [4.78, 5) is 15.2. The predicted octanol–water partition coefficient (Wildman–Crippen LogP) is -0.789. The van der Waals surface area contributed by atoms with E-state index in [1.807, 2.05) is 48.5 Å². The lowest BCUT2D eigenvalue weighted by Crippen LogP contribution is -2.73. The van der Waals surface area contributed by atoms with E-state index in [2.05, 4.69) is 4.99 Å². The van der Waals surface area contributed by atoms with Crippen molar-refractivity contribution < 1.29 is 24.0 Å². The highest BCUT2D eigenvalue weighted by Gasteiger charge is 2.25. The van der Waals surface area contributed by atoms with Crippen LogP contribution in [0.1, 0.15) is 12.0 Å². The van der Waals surface area contributed by atoms with Crippen molar-refractivity contribution in [1.29, 1.82) is 0 Å². The maximum absolute atomic E-state index is 11.8. The fourth-order valence-corrected chi connectivity index (χ4v) is 3.19. The lowest BCUT2D eigenvalue weighted by atomic mass is 10.0. The van der Waals surface area contributed by atoms with Gasteiger partial charge in [0.1, 0.15) is 6.04 Å². The van der Waals surface area contributed by atoms with Crippen molar-refractivity contribution in [2.45, 2.75) is 12.5 Å². The molecule has 0 saturated carbocycles. The van der Waals surface area contributed by atoms with Gasteiger partial charge in [0.25, 0.3) is 0 Å². The van der Waals surface area contributed by atoms with Crippen LogP contribution in [-0.4, -0.2) is 25.9 Å². The zero-order valence-electron chi connectivity index (χ0n) is 14.3. The number of fused-ring (bicyclic) bond motifs is 2. The van der Waals surface area contributed by atoms with Crippen molar-refractivity contribution in [3.05, 3.63) is 64.3 Å². The van der Waals surface area contributed by atoms with Gasteiger partial charge >= 0.3 is 5.97 Å². The summed E-state index contributed by atoms with van der Waals surface area (Å²) in [6.45, 7) is 0.240. The van der Waals surface area contributed by atoms with Crippen molar-refractivity contribution in [1.82, 2.24) is 0 Å². The Morgan fingerprint density at radius 1 is 1.27 bits per heavy atom. The molecule has 0 fully saturated rings. The Morgan fingerprint density at radius 2 is 2.08 bits per heavy atom. The third-order valence-corrected chi connectivity index (χ3v) is 4.48. The van der Waals surface area contributed by atoms with Crippen LogP contribution in [0.25, 0.3) is 11.6 Å². The molecule has 4 rings (SSSR count). The van der Waals surface area contributed by atoms with E-state index in [0.29, 0.717) is 6.42 Å². The lowest BCUT2D eigenvalue weighted by molar-refractivity contribution is -0.430. The molecule has 0 aromatic heterocycles. The van der Waals surface area contributed by atoms with E-state index in [4.69, 9.17) is 19.9 Å². The molecule has 3 N–H and O–H groups in total. The normalized spacial score (nSPS) is 17.0. The number of ether oxygens (including phenoxy) is 3. The van der Waals surface area contributed by atoms with Crippen LogP contribution in [0.2, 0.25) is 0 Å². The molecule has 0 bridgehead atoms. The number of para-hydroxylation sites is 1. The molecule has 1 atom stereocenters. The molecule has 26 heavy (non-hydrogen) atoms. The van der Waals surface area contributed by atoms with Crippen LogP contribution in [0.15, 0.2) is 48.2 Å². The predicted molar refractivity (Wildman–Crippen MR) is 94.3 cm³/mol. The fraction of sp³-hybridized carbons (Fsp3) is 0.200. The van der Waals surface area contributed by atoms with Crippen LogP contribution in [0.3, 0.4) is 0 Å². The van der Waals surface area contributed by atoms with Gasteiger partial charge in [-0.15, -0.1) is 0 Å². The molecule has 2 aliphatic rings. The molecule has 2 aromatic carbocycles. The molecule has 0 radical (unpaired) electrons. The second kappa shape index (κ2) is 6.65. The fourth-order valence-electron chi connectivity index (χ4n) is 3.19. The Kier molecular flexibility index (Phi) is 4.18. The van der Waals surface area contributed by atoms with Gasteiger partial charge in [0, 0.05) is 24.1 Å². The van der Waals surface area contributed by atoms with Gasteiger partial charge in [-0.3, -0.25) is 4.79 Å². The summed E-state index contributed by atoms with van der Waals surface area (Å²) in [6, 6.07) is 13.0. The Hall–Kier alpha value is -3.12. The molecule has 2 aliphatic heterocycles. The highest BCUT2D eigenvalue weighted by molar-refractivity contribution is 5.80. The van der Waals surface area contributed by atoms with Crippen LogP contribution < -0.4 is 30.8 Å². The van der Waals surface area contributed by atoms with Gasteiger partial charge < -0.3 is 19.9 Å². The molecule has 132 valence electrons. The van der Waals surface area contributed by atoms with Gasteiger partial charge in [0.05, 0.1) is 12.3 Å². The first-order valence-corrected chi connectivity index (χ1v) is 8.33. The van der Waals surface area contributed by atoms with Crippen LogP contribution >= 0.6 is 0 Å². The summed E-state index contributed by atoms with van der Waals surface area (Å²) in [5, 5.41) is 2.03. The smallest absolute Gasteiger partial charge is 0.322 e. The first kappa shape index (κ1) is 16.4. The molecule has 6 nitrogen and oxygen atoms in total. The number of rotatable bonds is 4. The number of carbonyl (C=O) groups is 1. The van der Waals surface area contributed by atoms with E-state index in [1.165, 1.54) is 7.11 Å². The maximum atomic E-state index is 11.8. The van der Waals surface area contributed by atoms with E-state index in [0.717, 1.165) is 38.9 Å². The standard InChI is InChI=1S/C20H18N2O4/c1-24-20(23)15(21)10-14-13-4-2-3-5-16(13)22-17(14)8-12-6-7-18-19(9-12)26-11-25-18/h2-9,15H,10-11,21H2,1H3/p+1. The van der Waals surface area contributed by atoms with Gasteiger partial charge in [-0.1, -0.05) is 18.2 Å². The van der Waals surface area contributed by atoms with E-state index in [-0.39, 0.29) is 6.79 Å². The Balaban J connectivity index is 1.75. The Bertz CT molecular complexity index is 1030. The summed E-state index contributed by atoms with van der Waals surface area (Å²) in [7, 11) is 1.34. The van der Waals surface area contributed by atoms with Crippen molar-refractivity contribution in [3.8, 4) is 11.5 Å². The molecule has 1 unspecified atom stereocenters. The number of benzene rings is 2. The highest BCUT2D eigenvalue weighted by Crippen LogP contribution is 2.33. The zero-order chi connectivity index (χ0) is 18.1. The summed E-state index contributed by atoms with van der Waals surface area (Å²) >= 11 is 0. The van der Waals surface area contributed by atoms with Crippen LogP contribution in [0, 0.1) is 0 Å². The molecule has 0 aliphatic carbocycles. The zero-order valence-corrected chi connectivity index (χ0v) is 14.3. The quantitative estimate of drug-likeness (QED) is 0.706. The maximum Gasteiger partial charge on any atom is 0.322 e. The van der Waals surface area contributed by atoms with E-state index in [1.54, 1.807) is 0 Å². The summed E-state index contributed by atoms with van der Waals surface area (Å²) in [5.41, 5.74) is 8.86. The van der Waals surface area contributed by atoms with Crippen LogP contribution in [0.4, 0.5) is 0 Å². The summed E-state index contributed by atoms with van der Waals surface area (Å²) < 4.78 is 15.6. The number of nitrogens with two attached hydrogens (primary N) is 1. The third kappa shape index (κ3) is 2.95. The van der Waals surface area contributed by atoms with Crippen molar-refractivity contribution >= 4 is 17.6 Å². The lowest BCUT2D eigenvalue weighted by Gasteiger charge is -2.09.